The molecule has 3 heterocycles. The SMILES string of the molecule is O=C(c1ccco1)N1C[C@@H](CO)[C@H](c2ccncc2)C1. The number of hydrogen-bond acceptors (Lipinski definition) is 4. The molecule has 0 aliphatic carbocycles. The normalized spacial score (nSPS) is 22.1. The third-order valence-electron chi connectivity index (χ3n) is 3.83. The van der Waals surface area contributed by atoms with E-state index in [0.29, 0.717) is 18.8 Å². The lowest BCUT2D eigenvalue weighted by atomic mass is 9.90. The average molecular weight is 272 g/mol. The van der Waals surface area contributed by atoms with Crippen molar-refractivity contribution >= 4 is 5.91 Å². The van der Waals surface area contributed by atoms with Crippen molar-refractivity contribution in [2.45, 2.75) is 5.92 Å². The number of nitrogens with zero attached hydrogens (tertiary/aromatic N) is 2. The highest BCUT2D eigenvalue weighted by Gasteiger charge is 2.36. The molecular weight excluding hydrogens is 256 g/mol. The lowest BCUT2D eigenvalue weighted by Crippen LogP contribution is -2.28. The summed E-state index contributed by atoms with van der Waals surface area (Å²) in [5.74, 6) is 0.417. The molecule has 1 aliphatic heterocycles. The first-order chi connectivity index (χ1) is 9.79. The van der Waals surface area contributed by atoms with Crippen LogP contribution in [0.5, 0.6) is 0 Å². The number of rotatable bonds is 3. The summed E-state index contributed by atoms with van der Waals surface area (Å²) in [4.78, 5) is 18.0. The van der Waals surface area contributed by atoms with E-state index < -0.39 is 0 Å². The minimum atomic E-state index is -0.120. The van der Waals surface area contributed by atoms with E-state index in [1.54, 1.807) is 29.4 Å². The molecule has 3 rings (SSSR count). The molecule has 0 aromatic carbocycles. The number of carbonyl (C=O) groups is 1. The third-order valence-corrected chi connectivity index (χ3v) is 3.83. The number of hydrogen-bond donors (Lipinski definition) is 1. The molecule has 2 atom stereocenters. The molecule has 5 heteroatoms. The van der Waals surface area contributed by atoms with E-state index in [4.69, 9.17) is 4.42 Å². The monoisotopic (exact) mass is 272 g/mol. The zero-order chi connectivity index (χ0) is 13.9. The number of carbonyl (C=O) groups excluding carboxylic acids is 1. The Hall–Kier alpha value is -2.14. The molecule has 0 spiro atoms. The molecule has 20 heavy (non-hydrogen) atoms. The quantitative estimate of drug-likeness (QED) is 0.920. The second-order valence-corrected chi connectivity index (χ2v) is 5.02. The van der Waals surface area contributed by atoms with Gasteiger partial charge in [-0.3, -0.25) is 9.78 Å². The molecule has 0 saturated carbocycles. The van der Waals surface area contributed by atoms with E-state index >= 15 is 0 Å². The number of pyridine rings is 1. The Morgan fingerprint density at radius 3 is 2.80 bits per heavy atom. The lowest BCUT2D eigenvalue weighted by Gasteiger charge is -2.15. The van der Waals surface area contributed by atoms with Crippen molar-refractivity contribution in [2.75, 3.05) is 19.7 Å². The van der Waals surface area contributed by atoms with E-state index in [9.17, 15) is 9.90 Å². The van der Waals surface area contributed by atoms with Crippen molar-refractivity contribution in [2.24, 2.45) is 5.92 Å². The Morgan fingerprint density at radius 1 is 1.35 bits per heavy atom. The number of furan rings is 1. The smallest absolute Gasteiger partial charge is 0.289 e. The molecule has 1 aliphatic rings. The minimum absolute atomic E-state index is 0.0521. The third kappa shape index (κ3) is 2.32. The van der Waals surface area contributed by atoms with Gasteiger partial charge < -0.3 is 14.4 Å². The minimum Gasteiger partial charge on any atom is -0.459 e. The van der Waals surface area contributed by atoms with Gasteiger partial charge in [-0.25, -0.2) is 0 Å². The summed E-state index contributed by atoms with van der Waals surface area (Å²) in [6.45, 7) is 1.20. The number of amides is 1. The zero-order valence-electron chi connectivity index (χ0n) is 11.0. The average Bonchev–Trinajstić information content (AvgIpc) is 3.17. The number of likely N-dealkylation sites (tertiary alicyclic amines) is 1. The van der Waals surface area contributed by atoms with E-state index in [1.165, 1.54) is 6.26 Å². The van der Waals surface area contributed by atoms with Gasteiger partial charge in [0.2, 0.25) is 0 Å². The van der Waals surface area contributed by atoms with Crippen molar-refractivity contribution in [1.29, 1.82) is 0 Å². The summed E-state index contributed by atoms with van der Waals surface area (Å²) < 4.78 is 5.15. The van der Waals surface area contributed by atoms with E-state index in [-0.39, 0.29) is 24.3 Å². The molecule has 0 unspecified atom stereocenters. The highest BCUT2D eigenvalue weighted by atomic mass is 16.3. The Bertz CT molecular complexity index is 568. The van der Waals surface area contributed by atoms with Gasteiger partial charge in [-0.1, -0.05) is 0 Å². The molecular formula is C15H16N2O3. The second kappa shape index (κ2) is 5.46. The Labute approximate surface area is 116 Å². The van der Waals surface area contributed by atoms with Gasteiger partial charge in [0.05, 0.1) is 6.26 Å². The van der Waals surface area contributed by atoms with E-state index in [0.717, 1.165) is 5.56 Å². The molecule has 0 bridgehead atoms. The largest absolute Gasteiger partial charge is 0.459 e. The van der Waals surface area contributed by atoms with Crippen LogP contribution in [-0.2, 0) is 0 Å². The first kappa shape index (κ1) is 12.9. The van der Waals surface area contributed by atoms with Crippen molar-refractivity contribution in [1.82, 2.24) is 9.88 Å². The molecule has 1 amide bonds. The predicted molar refractivity (Wildman–Crippen MR) is 72.2 cm³/mol. The maximum Gasteiger partial charge on any atom is 0.289 e. The number of aliphatic hydroxyl groups is 1. The number of aliphatic hydroxyl groups excluding tert-OH is 1. The van der Waals surface area contributed by atoms with Crippen LogP contribution in [0, 0.1) is 5.92 Å². The van der Waals surface area contributed by atoms with E-state index in [1.807, 2.05) is 12.1 Å². The Balaban J connectivity index is 1.80. The van der Waals surface area contributed by atoms with Gasteiger partial charge >= 0.3 is 0 Å². The summed E-state index contributed by atoms with van der Waals surface area (Å²) in [5, 5.41) is 9.55. The van der Waals surface area contributed by atoms with Crippen LogP contribution in [0.15, 0.2) is 47.3 Å². The fourth-order valence-electron chi connectivity index (χ4n) is 2.77. The standard InChI is InChI=1S/C15H16N2O3/c18-10-12-8-17(15(19)14-2-1-7-20-14)9-13(12)11-3-5-16-6-4-11/h1-7,12-13,18H,8-10H2/t12-,13-/m0/s1. The van der Waals surface area contributed by atoms with Crippen LogP contribution in [0.2, 0.25) is 0 Å². The van der Waals surface area contributed by atoms with Gasteiger partial charge in [0.25, 0.3) is 5.91 Å². The summed E-state index contributed by atoms with van der Waals surface area (Å²) >= 11 is 0. The molecule has 5 nitrogen and oxygen atoms in total. The van der Waals surface area contributed by atoms with Gasteiger partial charge in [-0.2, -0.15) is 0 Å². The summed E-state index contributed by atoms with van der Waals surface area (Å²) in [6.07, 6.45) is 4.97. The van der Waals surface area contributed by atoms with Crippen molar-refractivity contribution in [3.8, 4) is 0 Å². The number of aromatic nitrogens is 1. The highest BCUT2D eigenvalue weighted by Crippen LogP contribution is 2.32. The van der Waals surface area contributed by atoms with Crippen LogP contribution in [0.25, 0.3) is 0 Å². The van der Waals surface area contributed by atoms with Crippen LogP contribution in [0.1, 0.15) is 22.0 Å². The van der Waals surface area contributed by atoms with Gasteiger partial charge in [0.1, 0.15) is 0 Å². The fourth-order valence-corrected chi connectivity index (χ4v) is 2.77. The molecule has 0 radical (unpaired) electrons. The van der Waals surface area contributed by atoms with Crippen LogP contribution in [-0.4, -0.2) is 40.6 Å². The first-order valence-corrected chi connectivity index (χ1v) is 6.63. The maximum absolute atomic E-state index is 12.3. The zero-order valence-corrected chi connectivity index (χ0v) is 11.0. The first-order valence-electron chi connectivity index (χ1n) is 6.63. The Morgan fingerprint density at radius 2 is 2.15 bits per heavy atom. The molecule has 104 valence electrons. The molecule has 2 aromatic rings. The molecule has 1 fully saturated rings. The maximum atomic E-state index is 12.3. The summed E-state index contributed by atoms with van der Waals surface area (Å²) in [7, 11) is 0. The van der Waals surface area contributed by atoms with Crippen molar-refractivity contribution in [3.63, 3.8) is 0 Å². The second-order valence-electron chi connectivity index (χ2n) is 5.02. The van der Waals surface area contributed by atoms with E-state index in [2.05, 4.69) is 4.98 Å². The fraction of sp³-hybridized carbons (Fsp3) is 0.333. The van der Waals surface area contributed by atoms with Crippen LogP contribution < -0.4 is 0 Å². The van der Waals surface area contributed by atoms with Crippen molar-refractivity contribution in [3.05, 3.63) is 54.2 Å². The van der Waals surface area contributed by atoms with Crippen LogP contribution in [0.4, 0.5) is 0 Å². The predicted octanol–water partition coefficient (Wildman–Crippen LogP) is 1.52. The molecule has 2 aromatic heterocycles. The summed E-state index contributed by atoms with van der Waals surface area (Å²) in [6, 6.07) is 7.24. The van der Waals surface area contributed by atoms with Gasteiger partial charge in [0, 0.05) is 43.9 Å². The van der Waals surface area contributed by atoms with Gasteiger partial charge in [-0.15, -0.1) is 0 Å². The van der Waals surface area contributed by atoms with Crippen LogP contribution in [0.3, 0.4) is 0 Å². The lowest BCUT2D eigenvalue weighted by molar-refractivity contribution is 0.0749. The van der Waals surface area contributed by atoms with Gasteiger partial charge in [0.15, 0.2) is 5.76 Å². The molecule has 1 N–H and O–H groups in total. The molecule has 1 saturated heterocycles. The topological polar surface area (TPSA) is 66.6 Å². The van der Waals surface area contributed by atoms with Crippen molar-refractivity contribution < 1.29 is 14.3 Å². The Kier molecular flexibility index (Phi) is 3.52. The van der Waals surface area contributed by atoms with Crippen LogP contribution >= 0.6 is 0 Å². The van der Waals surface area contributed by atoms with Gasteiger partial charge in [-0.05, 0) is 29.8 Å². The summed E-state index contributed by atoms with van der Waals surface area (Å²) in [5.41, 5.74) is 1.11. The highest BCUT2D eigenvalue weighted by molar-refractivity contribution is 5.91.